The Morgan fingerprint density at radius 3 is 2.52 bits per heavy atom. The van der Waals surface area contributed by atoms with Gasteiger partial charge in [0.25, 0.3) is 0 Å². The van der Waals surface area contributed by atoms with Crippen LogP contribution in [0.5, 0.6) is 0 Å². The van der Waals surface area contributed by atoms with Gasteiger partial charge >= 0.3 is 18.0 Å². The number of urea groups is 1. The van der Waals surface area contributed by atoms with Crippen LogP contribution in [0.15, 0.2) is 24.3 Å². The molecule has 0 aliphatic heterocycles. The van der Waals surface area contributed by atoms with E-state index in [0.717, 1.165) is 0 Å². The highest BCUT2D eigenvalue weighted by Gasteiger charge is 2.20. The van der Waals surface area contributed by atoms with Gasteiger partial charge in [0.15, 0.2) is 0 Å². The zero-order chi connectivity index (χ0) is 15.8. The van der Waals surface area contributed by atoms with Crippen LogP contribution in [0.1, 0.15) is 18.4 Å². The molecule has 1 aromatic carbocycles. The molecule has 0 radical (unpaired) electrons. The van der Waals surface area contributed by atoms with Crippen LogP contribution in [-0.4, -0.2) is 34.2 Å². The van der Waals surface area contributed by atoms with Crippen LogP contribution in [0.3, 0.4) is 0 Å². The van der Waals surface area contributed by atoms with E-state index in [1.165, 1.54) is 18.2 Å². The van der Waals surface area contributed by atoms with Crippen LogP contribution < -0.4 is 10.6 Å². The molecular weight excluding hydrogens is 283 g/mol. The number of hydrogen-bond acceptors (Lipinski definition) is 3. The predicted octanol–water partition coefficient (Wildman–Crippen LogP) is 0.943. The Bertz CT molecular complexity index is 535. The number of carboxylic acid groups (broad SMARTS) is 2. The van der Waals surface area contributed by atoms with Crippen molar-refractivity contribution in [1.82, 2.24) is 10.6 Å². The molecule has 0 spiro atoms. The normalized spacial score (nSPS) is 11.5. The second kappa shape index (κ2) is 7.83. The van der Waals surface area contributed by atoms with E-state index in [1.54, 1.807) is 6.07 Å². The number of halogens is 1. The second-order valence-electron chi connectivity index (χ2n) is 4.28. The van der Waals surface area contributed by atoms with Gasteiger partial charge in [-0.05, 0) is 24.1 Å². The maximum Gasteiger partial charge on any atom is 0.326 e. The summed E-state index contributed by atoms with van der Waals surface area (Å²) in [7, 11) is 0. The van der Waals surface area contributed by atoms with Gasteiger partial charge in [-0.15, -0.1) is 0 Å². The van der Waals surface area contributed by atoms with Crippen molar-refractivity contribution in [3.63, 3.8) is 0 Å². The average Bonchev–Trinajstić information content (AvgIpc) is 2.40. The highest BCUT2D eigenvalue weighted by molar-refractivity contribution is 5.82. The van der Waals surface area contributed by atoms with Crippen LogP contribution in [0.2, 0.25) is 0 Å². The summed E-state index contributed by atoms with van der Waals surface area (Å²) in [6.07, 6.45) is -0.598. The minimum Gasteiger partial charge on any atom is -0.481 e. The number of carboxylic acids is 2. The summed E-state index contributed by atoms with van der Waals surface area (Å²) in [5.74, 6) is -2.92. The van der Waals surface area contributed by atoms with Crippen molar-refractivity contribution < 1.29 is 29.0 Å². The lowest BCUT2D eigenvalue weighted by Crippen LogP contribution is -2.46. The largest absolute Gasteiger partial charge is 0.481 e. The van der Waals surface area contributed by atoms with E-state index in [2.05, 4.69) is 10.6 Å². The fourth-order valence-electron chi connectivity index (χ4n) is 1.56. The Morgan fingerprint density at radius 1 is 1.24 bits per heavy atom. The molecular formula is C13H15FN2O5. The van der Waals surface area contributed by atoms with Gasteiger partial charge in [-0.2, -0.15) is 0 Å². The highest BCUT2D eigenvalue weighted by atomic mass is 19.1. The molecule has 0 aliphatic rings. The van der Waals surface area contributed by atoms with Gasteiger partial charge < -0.3 is 20.8 Å². The fraction of sp³-hybridized carbons (Fsp3) is 0.308. The van der Waals surface area contributed by atoms with Gasteiger partial charge in [-0.1, -0.05) is 12.1 Å². The summed E-state index contributed by atoms with van der Waals surface area (Å²) in [5.41, 5.74) is 0.516. The molecule has 0 saturated heterocycles. The van der Waals surface area contributed by atoms with Gasteiger partial charge in [0.05, 0.1) is 0 Å². The van der Waals surface area contributed by atoms with Crippen LogP contribution >= 0.6 is 0 Å². The zero-order valence-electron chi connectivity index (χ0n) is 11.0. The van der Waals surface area contributed by atoms with Gasteiger partial charge in [0.2, 0.25) is 0 Å². The van der Waals surface area contributed by atoms with Crippen molar-refractivity contribution in [2.75, 3.05) is 0 Å². The maximum absolute atomic E-state index is 12.9. The van der Waals surface area contributed by atoms with Gasteiger partial charge in [-0.25, -0.2) is 14.0 Å². The van der Waals surface area contributed by atoms with Crippen molar-refractivity contribution in [1.29, 1.82) is 0 Å². The van der Waals surface area contributed by atoms with Gasteiger partial charge in [-0.3, -0.25) is 4.79 Å². The Kier molecular flexibility index (Phi) is 6.12. The molecule has 8 heteroatoms. The minimum absolute atomic E-state index is 0.0227. The van der Waals surface area contributed by atoms with E-state index < -0.39 is 29.8 Å². The Labute approximate surface area is 119 Å². The third-order valence-corrected chi connectivity index (χ3v) is 2.59. The summed E-state index contributed by atoms with van der Waals surface area (Å²) in [6.45, 7) is 0.0227. The van der Waals surface area contributed by atoms with Crippen LogP contribution in [0.4, 0.5) is 9.18 Å². The van der Waals surface area contributed by atoms with Crippen LogP contribution in [0.25, 0.3) is 0 Å². The molecule has 0 aliphatic carbocycles. The molecule has 21 heavy (non-hydrogen) atoms. The number of nitrogens with one attached hydrogen (secondary N) is 2. The Hall–Kier alpha value is -2.64. The minimum atomic E-state index is -1.32. The van der Waals surface area contributed by atoms with Crippen molar-refractivity contribution >= 4 is 18.0 Å². The van der Waals surface area contributed by atoms with E-state index in [-0.39, 0.29) is 19.4 Å². The molecule has 114 valence electrons. The number of carbonyl (C=O) groups excluding carboxylic acids is 1. The Balaban J connectivity index is 2.46. The van der Waals surface area contributed by atoms with E-state index >= 15 is 0 Å². The number of hydrogen-bond donors (Lipinski definition) is 4. The molecule has 0 saturated carbocycles. The molecule has 2 amide bonds. The maximum atomic E-state index is 12.9. The molecule has 4 N–H and O–H groups in total. The first-order valence-electron chi connectivity index (χ1n) is 6.12. The lowest BCUT2D eigenvalue weighted by molar-refractivity contribution is -0.140. The summed E-state index contributed by atoms with van der Waals surface area (Å²) >= 11 is 0. The average molecular weight is 298 g/mol. The molecule has 7 nitrogen and oxygen atoms in total. The topological polar surface area (TPSA) is 116 Å². The number of aliphatic carboxylic acids is 2. The lowest BCUT2D eigenvalue weighted by Gasteiger charge is -2.14. The van der Waals surface area contributed by atoms with Gasteiger partial charge in [0, 0.05) is 13.0 Å². The second-order valence-corrected chi connectivity index (χ2v) is 4.28. The predicted molar refractivity (Wildman–Crippen MR) is 70.1 cm³/mol. The molecule has 0 aromatic heterocycles. The number of benzene rings is 1. The molecule has 0 bridgehead atoms. The molecule has 0 heterocycles. The zero-order valence-corrected chi connectivity index (χ0v) is 11.0. The van der Waals surface area contributed by atoms with Crippen molar-refractivity contribution in [3.8, 4) is 0 Å². The van der Waals surface area contributed by atoms with E-state index in [9.17, 15) is 18.8 Å². The van der Waals surface area contributed by atoms with Crippen molar-refractivity contribution in [2.45, 2.75) is 25.4 Å². The van der Waals surface area contributed by atoms with Gasteiger partial charge in [0.1, 0.15) is 11.9 Å². The Morgan fingerprint density at radius 2 is 1.95 bits per heavy atom. The quantitative estimate of drug-likeness (QED) is 0.598. The first-order chi connectivity index (χ1) is 9.88. The van der Waals surface area contributed by atoms with Crippen molar-refractivity contribution in [2.24, 2.45) is 0 Å². The molecule has 1 rings (SSSR count). The van der Waals surface area contributed by atoms with E-state index in [0.29, 0.717) is 5.56 Å². The molecule has 0 fully saturated rings. The molecule has 1 atom stereocenters. The first kappa shape index (κ1) is 16.4. The third kappa shape index (κ3) is 6.37. The molecule has 1 unspecified atom stereocenters. The van der Waals surface area contributed by atoms with Crippen LogP contribution in [-0.2, 0) is 16.1 Å². The third-order valence-electron chi connectivity index (χ3n) is 2.59. The smallest absolute Gasteiger partial charge is 0.326 e. The summed E-state index contributed by atoms with van der Waals surface area (Å²) in [5, 5.41) is 21.9. The monoisotopic (exact) mass is 298 g/mol. The summed E-state index contributed by atoms with van der Waals surface area (Å²) in [6, 6.07) is 3.51. The van der Waals surface area contributed by atoms with E-state index in [1.807, 2.05) is 0 Å². The molecule has 1 aromatic rings. The number of carbonyl (C=O) groups is 3. The summed E-state index contributed by atoms with van der Waals surface area (Å²) in [4.78, 5) is 32.8. The fourth-order valence-corrected chi connectivity index (χ4v) is 1.56. The van der Waals surface area contributed by atoms with E-state index in [4.69, 9.17) is 10.2 Å². The standard InChI is InChI=1S/C13H15FN2O5/c14-9-3-1-2-8(6-9)7-15-13(21)16-10(12(19)20)4-5-11(17)18/h1-3,6,10H,4-5,7H2,(H,17,18)(H,19,20)(H2,15,16,21). The number of rotatable bonds is 7. The SMILES string of the molecule is O=C(O)CCC(NC(=O)NCc1cccc(F)c1)C(=O)O. The van der Waals surface area contributed by atoms with Crippen LogP contribution in [0, 0.1) is 5.82 Å². The summed E-state index contributed by atoms with van der Waals surface area (Å²) < 4.78 is 12.9. The number of amides is 2. The first-order valence-corrected chi connectivity index (χ1v) is 6.12. The highest BCUT2D eigenvalue weighted by Crippen LogP contribution is 2.03. The lowest BCUT2D eigenvalue weighted by atomic mass is 10.1. The van der Waals surface area contributed by atoms with Crippen molar-refractivity contribution in [3.05, 3.63) is 35.6 Å².